The molecule has 1 rings (SSSR count). The van der Waals surface area contributed by atoms with Crippen LogP contribution in [-0.4, -0.2) is 17.3 Å². The number of rotatable bonds is 3. The Balaban J connectivity index is 2.92. The lowest BCUT2D eigenvalue weighted by Gasteiger charge is -2.13. The van der Waals surface area contributed by atoms with E-state index in [1.54, 1.807) is 13.8 Å². The van der Waals surface area contributed by atoms with Gasteiger partial charge in [0.25, 0.3) is 0 Å². The van der Waals surface area contributed by atoms with Crippen LogP contribution in [-0.2, 0) is 14.4 Å². The van der Waals surface area contributed by atoms with Crippen LogP contribution in [0.4, 0.5) is 0 Å². The molecule has 0 saturated carbocycles. The molecular formula is C12H14O3. The second-order valence-electron chi connectivity index (χ2n) is 3.83. The minimum absolute atomic E-state index is 0.0295. The van der Waals surface area contributed by atoms with Gasteiger partial charge in [-0.05, 0) is 33.3 Å². The molecule has 0 N–H and O–H groups in total. The first-order valence-electron chi connectivity index (χ1n) is 4.90. The Morgan fingerprint density at radius 3 is 2.40 bits per heavy atom. The van der Waals surface area contributed by atoms with Crippen LogP contribution in [0.15, 0.2) is 22.8 Å². The van der Waals surface area contributed by atoms with E-state index in [9.17, 15) is 14.4 Å². The van der Waals surface area contributed by atoms with Crippen molar-refractivity contribution in [2.24, 2.45) is 0 Å². The third-order valence-corrected chi connectivity index (χ3v) is 2.52. The molecule has 1 aliphatic rings. The molecule has 0 aromatic heterocycles. The van der Waals surface area contributed by atoms with Crippen LogP contribution in [0.2, 0.25) is 0 Å². The van der Waals surface area contributed by atoms with Crippen LogP contribution < -0.4 is 0 Å². The van der Waals surface area contributed by atoms with Crippen molar-refractivity contribution in [3.63, 3.8) is 0 Å². The first-order valence-corrected chi connectivity index (χ1v) is 4.90. The number of carbonyl (C=O) groups excluding carboxylic acids is 3. The number of ketones is 3. The Hall–Kier alpha value is -1.51. The molecule has 0 fully saturated rings. The average molecular weight is 206 g/mol. The molecule has 3 nitrogen and oxygen atoms in total. The SMILES string of the molecule is CC(=O)CCC1=C(C)C(=O)C(C)=CC1=O. The standard InChI is InChI=1S/C12H14O3/c1-7-6-11(14)10(5-4-8(2)13)9(3)12(7)15/h6H,4-5H2,1-3H3. The summed E-state index contributed by atoms with van der Waals surface area (Å²) in [5.41, 5.74) is 1.45. The minimum Gasteiger partial charge on any atom is -0.300 e. The number of allylic oxidation sites excluding steroid dienone is 4. The quantitative estimate of drug-likeness (QED) is 0.661. The first kappa shape index (κ1) is 11.6. The Kier molecular flexibility index (Phi) is 3.35. The molecule has 0 heterocycles. The maximum absolute atomic E-state index is 11.6. The van der Waals surface area contributed by atoms with Gasteiger partial charge in [0, 0.05) is 23.1 Å². The fourth-order valence-electron chi connectivity index (χ4n) is 1.58. The lowest BCUT2D eigenvalue weighted by atomic mass is 9.88. The Bertz CT molecular complexity index is 397. The largest absolute Gasteiger partial charge is 0.300 e. The summed E-state index contributed by atoms with van der Waals surface area (Å²) < 4.78 is 0. The lowest BCUT2D eigenvalue weighted by Crippen LogP contribution is -2.17. The topological polar surface area (TPSA) is 51.2 Å². The summed E-state index contributed by atoms with van der Waals surface area (Å²) in [6.07, 6.45) is 2.04. The van der Waals surface area contributed by atoms with Gasteiger partial charge in [-0.2, -0.15) is 0 Å². The maximum atomic E-state index is 11.6. The predicted octanol–water partition coefficient (Wildman–Crippen LogP) is 1.77. The highest BCUT2D eigenvalue weighted by Gasteiger charge is 2.22. The summed E-state index contributed by atoms with van der Waals surface area (Å²) in [5.74, 6) is -0.194. The van der Waals surface area contributed by atoms with Gasteiger partial charge in [0.15, 0.2) is 11.6 Å². The van der Waals surface area contributed by atoms with Gasteiger partial charge in [0.05, 0.1) is 0 Å². The van der Waals surface area contributed by atoms with Crippen LogP contribution in [0.25, 0.3) is 0 Å². The van der Waals surface area contributed by atoms with E-state index in [0.29, 0.717) is 29.6 Å². The van der Waals surface area contributed by atoms with Gasteiger partial charge in [-0.3, -0.25) is 9.59 Å². The zero-order chi connectivity index (χ0) is 11.6. The summed E-state index contributed by atoms with van der Waals surface area (Å²) >= 11 is 0. The highest BCUT2D eigenvalue weighted by molar-refractivity contribution is 6.22. The van der Waals surface area contributed by atoms with Crippen molar-refractivity contribution in [1.29, 1.82) is 0 Å². The van der Waals surface area contributed by atoms with Gasteiger partial charge < -0.3 is 4.79 Å². The van der Waals surface area contributed by atoms with E-state index in [2.05, 4.69) is 0 Å². The summed E-state index contributed by atoms with van der Waals surface area (Å²) in [6, 6.07) is 0. The molecule has 0 unspecified atom stereocenters. The van der Waals surface area contributed by atoms with Crippen molar-refractivity contribution in [3.05, 3.63) is 22.8 Å². The molecule has 0 amide bonds. The fraction of sp³-hybridized carbons (Fsp3) is 0.417. The van der Waals surface area contributed by atoms with Crippen LogP contribution in [0, 0.1) is 0 Å². The van der Waals surface area contributed by atoms with Crippen molar-refractivity contribution in [3.8, 4) is 0 Å². The third-order valence-electron chi connectivity index (χ3n) is 2.52. The van der Waals surface area contributed by atoms with E-state index in [-0.39, 0.29) is 17.3 Å². The molecular weight excluding hydrogens is 192 g/mol. The monoisotopic (exact) mass is 206 g/mol. The molecule has 3 heteroatoms. The van der Waals surface area contributed by atoms with Crippen LogP contribution in [0.3, 0.4) is 0 Å². The van der Waals surface area contributed by atoms with E-state index in [1.807, 2.05) is 0 Å². The molecule has 15 heavy (non-hydrogen) atoms. The van der Waals surface area contributed by atoms with Gasteiger partial charge in [0.1, 0.15) is 5.78 Å². The van der Waals surface area contributed by atoms with E-state index in [4.69, 9.17) is 0 Å². The second kappa shape index (κ2) is 4.34. The normalized spacial score (nSPS) is 16.9. The molecule has 0 aromatic rings. The lowest BCUT2D eigenvalue weighted by molar-refractivity contribution is -0.117. The van der Waals surface area contributed by atoms with Gasteiger partial charge in [-0.25, -0.2) is 0 Å². The van der Waals surface area contributed by atoms with E-state index in [0.717, 1.165) is 0 Å². The number of hydrogen-bond acceptors (Lipinski definition) is 3. The number of carbonyl (C=O) groups is 3. The fourth-order valence-corrected chi connectivity index (χ4v) is 1.58. The molecule has 0 bridgehead atoms. The maximum Gasteiger partial charge on any atom is 0.184 e. The van der Waals surface area contributed by atoms with Crippen LogP contribution >= 0.6 is 0 Å². The summed E-state index contributed by atoms with van der Waals surface area (Å²) in [5, 5.41) is 0. The smallest absolute Gasteiger partial charge is 0.184 e. The highest BCUT2D eigenvalue weighted by atomic mass is 16.1. The molecule has 0 saturated heterocycles. The zero-order valence-electron chi connectivity index (χ0n) is 9.22. The van der Waals surface area contributed by atoms with E-state index in [1.165, 1.54) is 13.0 Å². The molecule has 0 radical (unpaired) electrons. The molecule has 0 spiro atoms. The number of hydrogen-bond donors (Lipinski definition) is 0. The Morgan fingerprint density at radius 2 is 1.87 bits per heavy atom. The third kappa shape index (κ3) is 2.49. The molecule has 1 aliphatic carbocycles. The molecule has 0 aliphatic heterocycles. The van der Waals surface area contributed by atoms with Crippen molar-refractivity contribution < 1.29 is 14.4 Å². The summed E-state index contributed by atoms with van der Waals surface area (Å²) in [6.45, 7) is 4.75. The van der Waals surface area contributed by atoms with Crippen molar-refractivity contribution in [2.75, 3.05) is 0 Å². The number of Topliss-reactive ketones (excluding diaryl/α,β-unsaturated/α-hetero) is 2. The van der Waals surface area contributed by atoms with Gasteiger partial charge in [0.2, 0.25) is 0 Å². The van der Waals surface area contributed by atoms with Crippen molar-refractivity contribution in [2.45, 2.75) is 33.6 Å². The second-order valence-corrected chi connectivity index (χ2v) is 3.83. The zero-order valence-corrected chi connectivity index (χ0v) is 9.22. The van der Waals surface area contributed by atoms with Gasteiger partial charge >= 0.3 is 0 Å². The summed E-state index contributed by atoms with van der Waals surface area (Å²) in [7, 11) is 0. The highest BCUT2D eigenvalue weighted by Crippen LogP contribution is 2.22. The van der Waals surface area contributed by atoms with Crippen LogP contribution in [0.5, 0.6) is 0 Å². The molecule has 0 atom stereocenters. The van der Waals surface area contributed by atoms with Crippen molar-refractivity contribution in [1.82, 2.24) is 0 Å². The molecule has 0 aromatic carbocycles. The predicted molar refractivity (Wildman–Crippen MR) is 56.4 cm³/mol. The molecule has 80 valence electrons. The van der Waals surface area contributed by atoms with E-state index < -0.39 is 0 Å². The first-order chi connectivity index (χ1) is 6.93. The Morgan fingerprint density at radius 1 is 1.27 bits per heavy atom. The minimum atomic E-state index is -0.133. The Labute approximate surface area is 88.9 Å². The summed E-state index contributed by atoms with van der Waals surface area (Å²) in [4.78, 5) is 33.9. The van der Waals surface area contributed by atoms with Crippen LogP contribution in [0.1, 0.15) is 33.6 Å². The van der Waals surface area contributed by atoms with Crippen molar-refractivity contribution >= 4 is 17.3 Å². The average Bonchev–Trinajstić information content (AvgIpc) is 2.14. The van der Waals surface area contributed by atoms with E-state index >= 15 is 0 Å². The van der Waals surface area contributed by atoms with Gasteiger partial charge in [-0.15, -0.1) is 0 Å². The van der Waals surface area contributed by atoms with Gasteiger partial charge in [-0.1, -0.05) is 0 Å².